The lowest BCUT2D eigenvalue weighted by Gasteiger charge is -2.40. The van der Waals surface area contributed by atoms with Gasteiger partial charge in [-0.15, -0.1) is 0 Å². The molecule has 3 rings (SSSR count). The van der Waals surface area contributed by atoms with E-state index in [1.165, 1.54) is 0 Å². The second-order valence-corrected chi connectivity index (χ2v) is 8.86. The molecule has 1 unspecified atom stereocenters. The van der Waals surface area contributed by atoms with Gasteiger partial charge in [0.1, 0.15) is 6.61 Å². The van der Waals surface area contributed by atoms with Crippen molar-refractivity contribution in [1.82, 2.24) is 4.90 Å². The lowest BCUT2D eigenvalue weighted by Crippen LogP contribution is -2.42. The highest BCUT2D eigenvalue weighted by atomic mass is 32.2. The number of allylic oxidation sites excluding steroid dienone is 1. The molecule has 1 N–H and O–H groups in total. The van der Waals surface area contributed by atoms with Crippen molar-refractivity contribution in [3.05, 3.63) is 41.1 Å². The number of carbonyl (C=O) groups is 3. The molecule has 1 amide bonds. The summed E-state index contributed by atoms with van der Waals surface area (Å²) >= 11 is 1.68. The van der Waals surface area contributed by atoms with Crippen LogP contribution in [0.25, 0.3) is 0 Å². The van der Waals surface area contributed by atoms with Gasteiger partial charge in [0.05, 0.1) is 36.9 Å². The molecule has 2 aliphatic heterocycles. The van der Waals surface area contributed by atoms with E-state index in [1.54, 1.807) is 37.9 Å². The number of hydrogen-bond acceptors (Lipinski definition) is 9. The molecule has 0 aromatic heterocycles. The molecule has 9 nitrogen and oxygen atoms in total. The number of aliphatic imine (C=N–C) groups is 1. The first-order valence-electron chi connectivity index (χ1n) is 11.3. The molecule has 2 aliphatic rings. The Morgan fingerprint density at radius 3 is 2.62 bits per heavy atom. The Hall–Kier alpha value is -2.85. The van der Waals surface area contributed by atoms with E-state index in [0.717, 1.165) is 29.4 Å². The van der Waals surface area contributed by atoms with Crippen LogP contribution in [0.2, 0.25) is 0 Å². The van der Waals surface area contributed by atoms with E-state index in [0.29, 0.717) is 30.2 Å². The van der Waals surface area contributed by atoms with Gasteiger partial charge in [0.2, 0.25) is 5.91 Å². The van der Waals surface area contributed by atoms with Gasteiger partial charge >= 0.3 is 11.9 Å². The molecule has 0 radical (unpaired) electrons. The maximum atomic E-state index is 13.0. The van der Waals surface area contributed by atoms with Crippen molar-refractivity contribution in [2.75, 3.05) is 44.5 Å². The number of hydrogen-bond donors (Lipinski definition) is 1. The lowest BCUT2D eigenvalue weighted by molar-refractivity contribution is -0.144. The van der Waals surface area contributed by atoms with Crippen molar-refractivity contribution in [2.24, 2.45) is 4.99 Å². The number of rotatable bonds is 10. The molecule has 0 aliphatic carbocycles. The second-order valence-electron chi connectivity index (χ2n) is 7.80. The number of nitrogens with one attached hydrogen (secondary N) is 1. The van der Waals surface area contributed by atoms with Crippen LogP contribution in [0.3, 0.4) is 0 Å². The maximum absolute atomic E-state index is 13.0. The minimum absolute atomic E-state index is 0.0349. The average molecular weight is 490 g/mol. The van der Waals surface area contributed by atoms with Crippen LogP contribution in [0, 0.1) is 0 Å². The zero-order chi connectivity index (χ0) is 24.5. The van der Waals surface area contributed by atoms with Crippen LogP contribution in [0.1, 0.15) is 44.7 Å². The highest BCUT2D eigenvalue weighted by Crippen LogP contribution is 2.40. The summed E-state index contributed by atoms with van der Waals surface area (Å²) in [4.78, 5) is 43.5. The largest absolute Gasteiger partial charge is 0.466 e. The minimum atomic E-state index is -0.408. The van der Waals surface area contributed by atoms with E-state index in [1.807, 2.05) is 19.1 Å². The summed E-state index contributed by atoms with van der Waals surface area (Å²) in [6.07, 6.45) is 1.07. The number of carbonyl (C=O) groups excluding carboxylic acids is 3. The Morgan fingerprint density at radius 2 is 1.91 bits per heavy atom. The smallest absolute Gasteiger partial charge is 0.338 e. The number of benzene rings is 1. The summed E-state index contributed by atoms with van der Waals surface area (Å²) in [5.74, 6) is -0.0818. The Bertz CT molecular complexity index is 960. The number of fused-ring (bicyclic) bond motifs is 1. The zero-order valence-corrected chi connectivity index (χ0v) is 20.6. The molecule has 0 saturated carbocycles. The Balaban J connectivity index is 1.77. The fourth-order valence-corrected chi connectivity index (χ4v) is 4.81. The molecular weight excluding hydrogens is 458 g/mol. The number of methoxy groups -OCH3 is 1. The van der Waals surface area contributed by atoms with Crippen LogP contribution >= 0.6 is 11.8 Å². The summed E-state index contributed by atoms with van der Waals surface area (Å²) in [5.41, 5.74) is 2.66. The maximum Gasteiger partial charge on any atom is 0.338 e. The third kappa shape index (κ3) is 6.60. The van der Waals surface area contributed by atoms with Gasteiger partial charge < -0.3 is 24.4 Å². The first-order chi connectivity index (χ1) is 16.4. The second kappa shape index (κ2) is 12.6. The highest BCUT2D eigenvalue weighted by Gasteiger charge is 2.37. The molecule has 0 bridgehead atoms. The summed E-state index contributed by atoms with van der Waals surface area (Å²) in [6, 6.07) is 7.05. The van der Waals surface area contributed by atoms with Crippen LogP contribution in [-0.2, 0) is 28.6 Å². The summed E-state index contributed by atoms with van der Waals surface area (Å²) in [7, 11) is 1.56. The lowest BCUT2D eigenvalue weighted by atomic mass is 9.94. The van der Waals surface area contributed by atoms with Gasteiger partial charge in [0.15, 0.2) is 5.17 Å². The van der Waals surface area contributed by atoms with Crippen LogP contribution in [0.4, 0.5) is 5.69 Å². The van der Waals surface area contributed by atoms with Gasteiger partial charge in [-0.3, -0.25) is 9.59 Å². The predicted octanol–water partition coefficient (Wildman–Crippen LogP) is 3.28. The fourth-order valence-electron chi connectivity index (χ4n) is 3.79. The van der Waals surface area contributed by atoms with E-state index in [4.69, 9.17) is 14.2 Å². The number of amidine groups is 1. The molecule has 1 aromatic carbocycles. The number of ether oxygens (including phenoxy) is 3. The number of nitrogens with zero attached hydrogens (tertiary/aromatic N) is 2. The molecule has 34 heavy (non-hydrogen) atoms. The normalized spacial score (nSPS) is 17.6. The van der Waals surface area contributed by atoms with E-state index < -0.39 is 11.9 Å². The number of esters is 2. The van der Waals surface area contributed by atoms with E-state index in [2.05, 4.69) is 15.2 Å². The Labute approximate surface area is 203 Å². The fraction of sp³-hybridized carbons (Fsp3) is 0.500. The molecule has 1 atom stereocenters. The van der Waals surface area contributed by atoms with Gasteiger partial charge in [-0.2, -0.15) is 0 Å². The van der Waals surface area contributed by atoms with Crippen molar-refractivity contribution in [3.8, 4) is 0 Å². The predicted molar refractivity (Wildman–Crippen MR) is 130 cm³/mol. The third-order valence-corrected chi connectivity index (χ3v) is 6.45. The van der Waals surface area contributed by atoms with E-state index in [-0.39, 0.29) is 31.4 Å². The number of thioether (sulfide) groups is 1. The monoisotopic (exact) mass is 489 g/mol. The Morgan fingerprint density at radius 1 is 1.15 bits per heavy atom. The summed E-state index contributed by atoms with van der Waals surface area (Å²) in [6.45, 7) is 5.12. The van der Waals surface area contributed by atoms with Gasteiger partial charge in [0.25, 0.3) is 0 Å². The SMILES string of the molecule is CCOC(=O)CCC(=O)Nc1ccc(C2C(C(=O)OCCOC)=C(C)N=C3SCCCN32)cc1. The molecular formula is C24H31N3O6S. The standard InChI is InChI=1S/C24H31N3O6S/c1-4-32-20(29)11-10-19(28)26-18-8-6-17(7-9-18)22-21(23(30)33-14-13-31-3)16(2)25-24-27(22)12-5-15-34-24/h6-9,22H,4-5,10-15H2,1-3H3,(H,26,28). The van der Waals surface area contributed by atoms with Crippen molar-refractivity contribution in [3.63, 3.8) is 0 Å². The van der Waals surface area contributed by atoms with Crippen molar-refractivity contribution in [2.45, 2.75) is 39.2 Å². The molecule has 0 spiro atoms. The van der Waals surface area contributed by atoms with Crippen molar-refractivity contribution >= 4 is 40.5 Å². The van der Waals surface area contributed by atoms with Crippen LogP contribution < -0.4 is 5.32 Å². The average Bonchev–Trinajstić information content (AvgIpc) is 2.83. The van der Waals surface area contributed by atoms with E-state index >= 15 is 0 Å². The van der Waals surface area contributed by atoms with Crippen LogP contribution in [0.5, 0.6) is 0 Å². The van der Waals surface area contributed by atoms with Gasteiger partial charge in [-0.05, 0) is 38.0 Å². The van der Waals surface area contributed by atoms with Crippen LogP contribution in [0.15, 0.2) is 40.5 Å². The van der Waals surface area contributed by atoms with Gasteiger partial charge in [-0.1, -0.05) is 23.9 Å². The third-order valence-electron chi connectivity index (χ3n) is 5.37. The molecule has 1 saturated heterocycles. The zero-order valence-electron chi connectivity index (χ0n) is 19.8. The van der Waals surface area contributed by atoms with Gasteiger partial charge in [-0.25, -0.2) is 9.79 Å². The van der Waals surface area contributed by atoms with Gasteiger partial charge in [0, 0.05) is 31.5 Å². The number of amides is 1. The van der Waals surface area contributed by atoms with Crippen molar-refractivity contribution in [1.29, 1.82) is 0 Å². The van der Waals surface area contributed by atoms with Crippen molar-refractivity contribution < 1.29 is 28.6 Å². The quantitative estimate of drug-likeness (QED) is 0.394. The molecule has 2 heterocycles. The Kier molecular flexibility index (Phi) is 9.52. The minimum Gasteiger partial charge on any atom is -0.466 e. The first-order valence-corrected chi connectivity index (χ1v) is 12.3. The molecule has 1 aromatic rings. The molecule has 10 heteroatoms. The first kappa shape index (κ1) is 25.8. The molecule has 1 fully saturated rings. The highest BCUT2D eigenvalue weighted by molar-refractivity contribution is 8.13. The molecule has 184 valence electrons. The van der Waals surface area contributed by atoms with Crippen LogP contribution in [-0.4, -0.2) is 67.1 Å². The summed E-state index contributed by atoms with van der Waals surface area (Å²) in [5, 5.41) is 3.70. The number of anilines is 1. The van der Waals surface area contributed by atoms with E-state index in [9.17, 15) is 14.4 Å². The topological polar surface area (TPSA) is 107 Å². The summed E-state index contributed by atoms with van der Waals surface area (Å²) < 4.78 is 15.3.